The summed E-state index contributed by atoms with van der Waals surface area (Å²) < 4.78 is 2.40. The van der Waals surface area contributed by atoms with Crippen LogP contribution >= 0.6 is 0 Å². The van der Waals surface area contributed by atoms with E-state index in [0.717, 1.165) is 39.8 Å². The Labute approximate surface area is 667 Å². The molecule has 114 heavy (non-hydrogen) atoms. The van der Waals surface area contributed by atoms with E-state index < -0.39 is 5.41 Å². The van der Waals surface area contributed by atoms with Gasteiger partial charge in [-0.2, -0.15) is 0 Å². The highest BCUT2D eigenvalue weighted by Crippen LogP contribution is 2.63. The largest absolute Gasteiger partial charge is 0.310 e. The summed E-state index contributed by atoms with van der Waals surface area (Å²) in [6.07, 6.45) is 0. The maximum Gasteiger partial charge on any atom is 0.0720 e. The van der Waals surface area contributed by atoms with Crippen LogP contribution in [0.25, 0.3) is 105 Å². The number of rotatable bonds is 15. The van der Waals surface area contributed by atoms with Crippen LogP contribution in [0.1, 0.15) is 45.9 Å². The number of hydrogen-bond donors (Lipinski definition) is 0. The lowest BCUT2D eigenvalue weighted by Gasteiger charge is -2.36. The number of para-hydroxylation sites is 2. The standard InChI is InChI=1S/C67H46N2.C44H33N/c1-6-20-47(21-7-1)49-34-39-55(40-35-49)68(56-41-36-50(37-42-56)48-22-8-2-9-23-48)64-45-43-57(51-38-44-63-60(46-51)58-30-17-19-33-62(58)69(63)54-28-14-5-15-29-54)66-65(64)59-31-16-18-32-61(59)67(66,52-24-10-3-11-25-52)53-26-12-4-13-27-53;1-44(36-17-9-4-10-18-36)42-20-12-11-19-40(42)41-30-29-39(31-43(41)44)45(37-25-21-34(22-26-37)32-13-5-2-6-14-32)38-27-23-35(24-28-38)33-15-7-3-8-16-33/h1-46H;2-31H,1H3. The molecule has 0 saturated carbocycles. The highest BCUT2D eigenvalue weighted by Gasteiger charge is 2.49. The molecule has 1 atom stereocenters. The molecule has 3 nitrogen and oxygen atoms in total. The quantitative estimate of drug-likeness (QED) is 0.101. The first-order valence-corrected chi connectivity index (χ1v) is 39.5. The Morgan fingerprint density at radius 3 is 1.06 bits per heavy atom. The van der Waals surface area contributed by atoms with Gasteiger partial charge in [0.15, 0.2) is 0 Å². The molecule has 538 valence electrons. The summed E-state index contributed by atoms with van der Waals surface area (Å²) in [5.74, 6) is 0. The van der Waals surface area contributed by atoms with E-state index in [2.05, 4.69) is 482 Å². The average molecular weight is 1450 g/mol. The molecule has 19 aromatic rings. The van der Waals surface area contributed by atoms with Crippen LogP contribution < -0.4 is 9.80 Å². The van der Waals surface area contributed by atoms with Gasteiger partial charge >= 0.3 is 0 Å². The molecule has 0 fully saturated rings. The molecular weight excluding hydrogens is 1380 g/mol. The van der Waals surface area contributed by atoms with E-state index in [1.54, 1.807) is 0 Å². The topological polar surface area (TPSA) is 11.4 Å². The first kappa shape index (κ1) is 68.6. The minimum Gasteiger partial charge on any atom is -0.310 e. The number of hydrogen-bond acceptors (Lipinski definition) is 2. The third-order valence-corrected chi connectivity index (χ3v) is 23.6. The van der Waals surface area contributed by atoms with Gasteiger partial charge < -0.3 is 14.4 Å². The summed E-state index contributed by atoms with van der Waals surface area (Å²) in [6.45, 7) is 2.38. The summed E-state index contributed by atoms with van der Waals surface area (Å²) in [7, 11) is 0. The zero-order chi connectivity index (χ0) is 75.9. The van der Waals surface area contributed by atoms with Crippen LogP contribution in [-0.2, 0) is 10.8 Å². The zero-order valence-corrected chi connectivity index (χ0v) is 63.2. The van der Waals surface area contributed by atoms with Crippen LogP contribution in [-0.4, -0.2) is 4.57 Å². The van der Waals surface area contributed by atoms with Crippen molar-refractivity contribution in [3.05, 3.63) is 500 Å². The smallest absolute Gasteiger partial charge is 0.0720 e. The third-order valence-electron chi connectivity index (χ3n) is 23.6. The molecule has 0 spiro atoms. The molecular formula is C111H79N3. The molecule has 2 aliphatic rings. The molecule has 0 radical (unpaired) electrons. The highest BCUT2D eigenvalue weighted by molar-refractivity contribution is 6.11. The summed E-state index contributed by atoms with van der Waals surface area (Å²) in [5.41, 5.74) is 35.4. The maximum absolute atomic E-state index is 2.48. The van der Waals surface area contributed by atoms with Crippen molar-refractivity contribution in [2.75, 3.05) is 9.80 Å². The van der Waals surface area contributed by atoms with Gasteiger partial charge in [0, 0.05) is 55.9 Å². The predicted octanol–water partition coefficient (Wildman–Crippen LogP) is 29.4. The van der Waals surface area contributed by atoms with E-state index in [4.69, 9.17) is 0 Å². The second kappa shape index (κ2) is 29.3. The lowest BCUT2D eigenvalue weighted by molar-refractivity contribution is 0.714. The first-order valence-electron chi connectivity index (χ1n) is 39.5. The van der Waals surface area contributed by atoms with Crippen LogP contribution in [0.4, 0.5) is 34.1 Å². The number of nitrogens with zero attached hydrogens (tertiary/aromatic N) is 3. The van der Waals surface area contributed by atoms with Crippen LogP contribution in [0, 0.1) is 0 Å². The summed E-state index contributed by atoms with van der Waals surface area (Å²) in [5, 5.41) is 2.46. The van der Waals surface area contributed by atoms with Crippen molar-refractivity contribution in [3.63, 3.8) is 0 Å². The summed E-state index contributed by atoms with van der Waals surface area (Å²) in [4.78, 5) is 4.86. The van der Waals surface area contributed by atoms with Gasteiger partial charge in [-0.25, -0.2) is 0 Å². The van der Waals surface area contributed by atoms with Gasteiger partial charge in [-0.15, -0.1) is 0 Å². The molecule has 18 aromatic carbocycles. The fourth-order valence-corrected chi connectivity index (χ4v) is 18.3. The number of aromatic nitrogens is 1. The molecule has 1 heterocycles. The second-order valence-corrected chi connectivity index (χ2v) is 29.9. The van der Waals surface area contributed by atoms with Crippen molar-refractivity contribution < 1.29 is 0 Å². The van der Waals surface area contributed by atoms with Crippen LogP contribution in [0.2, 0.25) is 0 Å². The Hall–Kier alpha value is -14.6. The van der Waals surface area contributed by atoms with Gasteiger partial charge in [-0.05, 0) is 215 Å². The van der Waals surface area contributed by atoms with Gasteiger partial charge in [0.25, 0.3) is 0 Å². The van der Waals surface area contributed by atoms with E-state index >= 15 is 0 Å². The van der Waals surface area contributed by atoms with Crippen molar-refractivity contribution in [1.82, 2.24) is 4.57 Å². The van der Waals surface area contributed by atoms with E-state index in [1.807, 2.05) is 0 Å². The monoisotopic (exact) mass is 1450 g/mol. The Kier molecular flexibility index (Phi) is 17.6. The molecule has 1 aromatic heterocycles. The van der Waals surface area contributed by atoms with Crippen molar-refractivity contribution in [2.24, 2.45) is 0 Å². The minimum atomic E-state index is -0.660. The van der Waals surface area contributed by atoms with Gasteiger partial charge in [0.1, 0.15) is 0 Å². The molecule has 21 rings (SSSR count). The van der Waals surface area contributed by atoms with Crippen molar-refractivity contribution in [3.8, 4) is 83.6 Å². The van der Waals surface area contributed by atoms with E-state index in [-0.39, 0.29) is 5.41 Å². The third kappa shape index (κ3) is 11.9. The Bertz CT molecular complexity index is 6440. The maximum atomic E-state index is 2.48. The molecule has 0 N–H and O–H groups in total. The Morgan fingerprint density at radius 1 is 0.219 bits per heavy atom. The fourth-order valence-electron chi connectivity index (χ4n) is 18.3. The van der Waals surface area contributed by atoms with Crippen molar-refractivity contribution in [2.45, 2.75) is 17.8 Å². The normalized spacial score (nSPS) is 13.4. The zero-order valence-electron chi connectivity index (χ0n) is 63.2. The molecule has 0 aliphatic heterocycles. The summed E-state index contributed by atoms with van der Waals surface area (Å²) in [6, 6.07) is 168. The number of fused-ring (bicyclic) bond motifs is 9. The second-order valence-electron chi connectivity index (χ2n) is 29.9. The molecule has 0 saturated heterocycles. The van der Waals surface area contributed by atoms with E-state index in [9.17, 15) is 0 Å². The van der Waals surface area contributed by atoms with Gasteiger partial charge in [0.2, 0.25) is 0 Å². The molecule has 1 unspecified atom stereocenters. The van der Waals surface area contributed by atoms with Crippen molar-refractivity contribution >= 4 is 55.9 Å². The predicted molar refractivity (Wildman–Crippen MR) is 479 cm³/mol. The van der Waals surface area contributed by atoms with Gasteiger partial charge in [-0.1, -0.05) is 364 Å². The van der Waals surface area contributed by atoms with Crippen molar-refractivity contribution in [1.29, 1.82) is 0 Å². The van der Waals surface area contributed by atoms with E-state index in [1.165, 1.54) is 139 Å². The molecule has 2 aliphatic carbocycles. The van der Waals surface area contributed by atoms with Gasteiger partial charge in [0.05, 0.1) is 22.1 Å². The molecule has 0 bridgehead atoms. The SMILES string of the molecule is CC1(c2ccccc2)c2ccccc2-c2ccc(N(c3ccc(-c4ccccc4)cc3)c3ccc(-c4ccccc4)cc3)cc21.c1ccc(-c2ccc(N(c3ccc(-c4ccccc4)cc3)c3ccc(-c4ccc5c(c4)c4ccccc4n5-c4ccccc4)c4c3-c3ccccc3C4(c3ccccc3)c3ccccc3)cc2)cc1. The first-order chi connectivity index (χ1) is 56.4. The number of benzene rings is 18. The minimum absolute atomic E-state index is 0.261. The highest BCUT2D eigenvalue weighted by atomic mass is 15.2. The van der Waals surface area contributed by atoms with Crippen LogP contribution in [0.15, 0.2) is 461 Å². The van der Waals surface area contributed by atoms with Gasteiger partial charge in [-0.3, -0.25) is 0 Å². The number of anilines is 6. The van der Waals surface area contributed by atoms with Crippen LogP contribution in [0.5, 0.6) is 0 Å². The van der Waals surface area contributed by atoms with E-state index in [0.29, 0.717) is 0 Å². The molecule has 0 amide bonds. The lowest BCUT2D eigenvalue weighted by atomic mass is 9.66. The lowest BCUT2D eigenvalue weighted by Crippen LogP contribution is -2.29. The Morgan fingerprint density at radius 2 is 0.570 bits per heavy atom. The Balaban J connectivity index is 0.000000162. The van der Waals surface area contributed by atoms with Crippen LogP contribution in [0.3, 0.4) is 0 Å². The molecule has 3 heteroatoms. The fraction of sp³-hybridized carbons (Fsp3) is 0.0270. The summed E-state index contributed by atoms with van der Waals surface area (Å²) >= 11 is 0. The average Bonchev–Trinajstić information content (AvgIpc) is 1.52.